The first-order valence-corrected chi connectivity index (χ1v) is 11.4. The predicted octanol–water partition coefficient (Wildman–Crippen LogP) is 5.38. The molecule has 1 unspecified atom stereocenters. The van der Waals surface area contributed by atoms with Gasteiger partial charge in [-0.3, -0.25) is 18.4 Å². The molecule has 162 valence electrons. The molecule has 0 aliphatic carbocycles. The number of benzene rings is 2. The molecule has 1 amide bonds. The molecule has 9 heteroatoms. The molecule has 4 rings (SSSR count). The summed E-state index contributed by atoms with van der Waals surface area (Å²) in [4.78, 5) is 18.9. The highest BCUT2D eigenvalue weighted by Gasteiger charge is 2.16. The van der Waals surface area contributed by atoms with Crippen molar-refractivity contribution in [2.75, 3.05) is 16.3 Å². The van der Waals surface area contributed by atoms with Crippen molar-refractivity contribution in [2.45, 2.75) is 0 Å². The van der Waals surface area contributed by atoms with E-state index in [0.717, 1.165) is 10.6 Å². The number of nitrogens with zero attached hydrogens (tertiary/aromatic N) is 3. The van der Waals surface area contributed by atoms with E-state index < -0.39 is 17.4 Å². The topological polar surface area (TPSA) is 85.8 Å². The molecular formula is C23H18N3O4S2-. The maximum Gasteiger partial charge on any atom is 0.419 e. The van der Waals surface area contributed by atoms with Gasteiger partial charge in [0.2, 0.25) is 0 Å². The number of carbonyl (C=O) groups is 1. The molecule has 0 aliphatic rings. The molecule has 0 saturated carbocycles. The summed E-state index contributed by atoms with van der Waals surface area (Å²) in [6, 6.07) is 24.5. The van der Waals surface area contributed by atoms with Crippen molar-refractivity contribution in [3.63, 3.8) is 0 Å². The van der Waals surface area contributed by atoms with Crippen LogP contribution >= 0.6 is 11.3 Å². The smallest absolute Gasteiger partial charge is 0.419 e. The number of amides is 1. The van der Waals surface area contributed by atoms with Gasteiger partial charge in [0.15, 0.2) is 0 Å². The van der Waals surface area contributed by atoms with Crippen LogP contribution in [0.15, 0.2) is 91.1 Å². The third-order valence-corrected chi connectivity index (χ3v) is 6.47. The lowest BCUT2D eigenvalue weighted by atomic mass is 10.3. The molecule has 2 heterocycles. The lowest BCUT2D eigenvalue weighted by Crippen LogP contribution is -2.29. The second kappa shape index (κ2) is 9.73. The highest BCUT2D eigenvalue weighted by atomic mass is 32.2. The van der Waals surface area contributed by atoms with Crippen molar-refractivity contribution < 1.29 is 18.3 Å². The average molecular weight is 465 g/mol. The van der Waals surface area contributed by atoms with E-state index in [4.69, 9.17) is 4.74 Å². The number of hydrogen-bond donors (Lipinski definition) is 0. The van der Waals surface area contributed by atoms with Crippen LogP contribution in [0.5, 0.6) is 5.75 Å². The minimum atomic E-state index is -2.54. The summed E-state index contributed by atoms with van der Waals surface area (Å²) >= 11 is -1.23. The Hall–Kier alpha value is -3.53. The average Bonchev–Trinajstić information content (AvgIpc) is 3.30. The van der Waals surface area contributed by atoms with Crippen molar-refractivity contribution in [2.24, 2.45) is 0 Å². The number of hydrogen-bond acceptors (Lipinski definition) is 6. The predicted molar refractivity (Wildman–Crippen MR) is 126 cm³/mol. The maximum atomic E-state index is 12.4. The lowest BCUT2D eigenvalue weighted by Gasteiger charge is -2.25. The van der Waals surface area contributed by atoms with Gasteiger partial charge in [-0.25, -0.2) is 4.79 Å². The Balaban J connectivity index is 1.51. The van der Waals surface area contributed by atoms with E-state index in [9.17, 15) is 13.6 Å². The van der Waals surface area contributed by atoms with Crippen molar-refractivity contribution in [1.82, 2.24) is 4.98 Å². The molecule has 0 saturated heterocycles. The first-order valence-electron chi connectivity index (χ1n) is 9.54. The van der Waals surface area contributed by atoms with E-state index in [2.05, 4.69) is 4.98 Å². The van der Waals surface area contributed by atoms with Crippen molar-refractivity contribution in [3.8, 4) is 16.3 Å². The highest BCUT2D eigenvalue weighted by Crippen LogP contribution is 2.37. The fourth-order valence-corrected chi connectivity index (χ4v) is 4.65. The highest BCUT2D eigenvalue weighted by molar-refractivity contribution is 7.81. The molecule has 0 aliphatic heterocycles. The van der Waals surface area contributed by atoms with Crippen molar-refractivity contribution in [1.29, 1.82) is 0 Å². The Morgan fingerprint density at radius 3 is 2.31 bits per heavy atom. The zero-order valence-corrected chi connectivity index (χ0v) is 18.6. The van der Waals surface area contributed by atoms with Gasteiger partial charge in [-0.15, -0.1) is 11.3 Å². The summed E-state index contributed by atoms with van der Waals surface area (Å²) in [5.74, 6) is 0.304. The first kappa shape index (κ1) is 21.7. The Morgan fingerprint density at radius 2 is 1.66 bits per heavy atom. The summed E-state index contributed by atoms with van der Waals surface area (Å²) in [6.45, 7) is 0. The zero-order valence-electron chi connectivity index (χ0n) is 17.0. The van der Waals surface area contributed by atoms with Gasteiger partial charge in [-0.05, 0) is 60.7 Å². The first-order chi connectivity index (χ1) is 15.5. The summed E-state index contributed by atoms with van der Waals surface area (Å²) in [7, 11) is 1.62. The summed E-state index contributed by atoms with van der Waals surface area (Å²) in [5, 5.41) is 0.521. The molecule has 0 radical (unpaired) electrons. The summed E-state index contributed by atoms with van der Waals surface area (Å²) in [6.07, 6.45) is 1.14. The van der Waals surface area contributed by atoms with E-state index in [-0.39, 0.29) is 0 Å². The Kier molecular flexibility index (Phi) is 6.60. The van der Waals surface area contributed by atoms with E-state index in [0.29, 0.717) is 22.1 Å². The van der Waals surface area contributed by atoms with Crippen LogP contribution in [0, 0.1) is 0 Å². The Bertz CT molecular complexity index is 1220. The molecule has 2 aromatic heterocycles. The normalized spacial score (nSPS) is 11.6. The molecule has 2 aromatic carbocycles. The fraction of sp³-hybridized carbons (Fsp3) is 0.0435. The molecule has 4 aromatic rings. The van der Waals surface area contributed by atoms with Gasteiger partial charge in [0.05, 0.1) is 27.5 Å². The minimum Gasteiger partial charge on any atom is -0.755 e. The number of ether oxygens (including phenoxy) is 1. The van der Waals surface area contributed by atoms with Crippen LogP contribution in [0.1, 0.15) is 0 Å². The van der Waals surface area contributed by atoms with Gasteiger partial charge in [-0.2, -0.15) is 0 Å². The van der Waals surface area contributed by atoms with Crippen LogP contribution in [-0.4, -0.2) is 26.9 Å². The molecule has 0 bridgehead atoms. The summed E-state index contributed by atoms with van der Waals surface area (Å²) in [5.41, 5.74) is 1.89. The number of anilines is 3. The zero-order chi connectivity index (χ0) is 22.5. The quantitative estimate of drug-likeness (QED) is 0.358. The summed E-state index contributed by atoms with van der Waals surface area (Å²) < 4.78 is 30.5. The number of carbonyl (C=O) groups excluding carboxylic acids is 1. The molecular weight excluding hydrogens is 446 g/mol. The van der Waals surface area contributed by atoms with Crippen LogP contribution in [0.2, 0.25) is 0 Å². The standard InChI is InChI=1S/C23H19N3O4S2/c1-25(17-7-3-2-4-8-17)23(27)30-19-12-10-18(11-13-19)26(32(28)29)22-15-14-21(31-22)20-9-5-6-16-24-20/h2-16H,1H3,(H,28,29)/p-1. The van der Waals surface area contributed by atoms with Crippen LogP contribution in [0.25, 0.3) is 10.6 Å². The molecule has 1 atom stereocenters. The van der Waals surface area contributed by atoms with Crippen LogP contribution in [0.4, 0.5) is 21.2 Å². The van der Waals surface area contributed by atoms with Gasteiger partial charge >= 0.3 is 6.09 Å². The van der Waals surface area contributed by atoms with Crippen molar-refractivity contribution >= 4 is 45.1 Å². The minimum absolute atomic E-state index is 0.304. The van der Waals surface area contributed by atoms with Crippen LogP contribution in [0.3, 0.4) is 0 Å². The largest absolute Gasteiger partial charge is 0.755 e. The van der Waals surface area contributed by atoms with Gasteiger partial charge in [0.1, 0.15) is 10.8 Å². The monoisotopic (exact) mass is 464 g/mol. The Labute approximate surface area is 192 Å². The van der Waals surface area contributed by atoms with Gasteiger partial charge in [-0.1, -0.05) is 24.3 Å². The fourth-order valence-electron chi connectivity index (χ4n) is 2.95. The van der Waals surface area contributed by atoms with Crippen LogP contribution < -0.4 is 13.9 Å². The van der Waals surface area contributed by atoms with E-state index in [1.54, 1.807) is 55.7 Å². The second-order valence-electron chi connectivity index (χ2n) is 6.62. The Morgan fingerprint density at radius 1 is 0.938 bits per heavy atom. The molecule has 0 fully saturated rings. The lowest BCUT2D eigenvalue weighted by molar-refractivity contribution is 0.209. The third kappa shape index (κ3) is 4.86. The van der Waals surface area contributed by atoms with E-state index in [1.807, 2.05) is 42.5 Å². The maximum absolute atomic E-state index is 12.4. The van der Waals surface area contributed by atoms with Gasteiger partial charge in [0, 0.05) is 18.9 Å². The van der Waals surface area contributed by atoms with Gasteiger partial charge < -0.3 is 9.29 Å². The molecule has 32 heavy (non-hydrogen) atoms. The van der Waals surface area contributed by atoms with E-state index >= 15 is 0 Å². The molecule has 0 spiro atoms. The number of pyridine rings is 1. The number of para-hydroxylation sites is 1. The molecule has 7 nitrogen and oxygen atoms in total. The van der Waals surface area contributed by atoms with Crippen molar-refractivity contribution in [3.05, 3.63) is 91.1 Å². The second-order valence-corrected chi connectivity index (χ2v) is 8.48. The van der Waals surface area contributed by atoms with E-state index in [1.165, 1.54) is 20.5 Å². The SMILES string of the molecule is CN(C(=O)Oc1ccc(N(c2ccc(-c3ccccn3)s2)S(=O)[O-])cc1)c1ccccc1. The third-order valence-electron chi connectivity index (χ3n) is 4.55. The van der Waals surface area contributed by atoms with Gasteiger partial charge in [0.25, 0.3) is 0 Å². The van der Waals surface area contributed by atoms with Crippen LogP contribution in [-0.2, 0) is 11.3 Å². The molecule has 0 N–H and O–H groups in total. The number of aromatic nitrogens is 1. The number of thiophene rings is 1. The number of rotatable bonds is 6.